The van der Waals surface area contributed by atoms with E-state index >= 15 is 0 Å². The molecule has 1 saturated heterocycles. The molecule has 1 heterocycles. The van der Waals surface area contributed by atoms with Gasteiger partial charge in [-0.25, -0.2) is 9.03 Å². The van der Waals surface area contributed by atoms with Gasteiger partial charge < -0.3 is 5.11 Å². The Morgan fingerprint density at radius 2 is 1.63 bits per heavy atom. The SMILES string of the molecule is CC(C)(C)c1ccc(CCc2ccc(N3CC(=O)NS3(=O)=O)c(O)c2)cc1. The summed E-state index contributed by atoms with van der Waals surface area (Å²) in [7, 11) is -3.92. The molecule has 0 saturated carbocycles. The average Bonchev–Trinajstić information content (AvgIpc) is 2.85. The number of hydrogen-bond donors (Lipinski definition) is 2. The van der Waals surface area contributed by atoms with Crippen LogP contribution in [0.2, 0.25) is 0 Å². The Kier molecular flexibility index (Phi) is 4.90. The Labute approximate surface area is 160 Å². The molecule has 0 spiro atoms. The summed E-state index contributed by atoms with van der Waals surface area (Å²) in [6.45, 7) is 6.21. The van der Waals surface area contributed by atoms with E-state index in [4.69, 9.17) is 0 Å². The summed E-state index contributed by atoms with van der Waals surface area (Å²) in [4.78, 5) is 11.4. The molecule has 1 amide bonds. The van der Waals surface area contributed by atoms with Crippen molar-refractivity contribution in [2.24, 2.45) is 0 Å². The zero-order valence-electron chi connectivity index (χ0n) is 15.7. The third-order valence-corrected chi connectivity index (χ3v) is 6.04. The molecule has 0 unspecified atom stereocenters. The Hall–Kier alpha value is -2.54. The lowest BCUT2D eigenvalue weighted by Gasteiger charge is -2.19. The number of carbonyl (C=O) groups excluding carboxylic acids is 1. The summed E-state index contributed by atoms with van der Waals surface area (Å²) in [5.41, 5.74) is 3.59. The second-order valence-corrected chi connectivity index (χ2v) is 9.40. The highest BCUT2D eigenvalue weighted by Gasteiger charge is 2.35. The van der Waals surface area contributed by atoms with E-state index in [9.17, 15) is 18.3 Å². The van der Waals surface area contributed by atoms with Crippen LogP contribution in [-0.2, 0) is 33.3 Å². The van der Waals surface area contributed by atoms with Crippen LogP contribution in [0.5, 0.6) is 5.75 Å². The Morgan fingerprint density at radius 1 is 1.04 bits per heavy atom. The molecule has 0 radical (unpaired) electrons. The number of anilines is 1. The van der Waals surface area contributed by atoms with Gasteiger partial charge in [-0.05, 0) is 47.1 Å². The lowest BCUT2D eigenvalue weighted by Crippen LogP contribution is -2.29. The molecule has 0 bridgehead atoms. The summed E-state index contributed by atoms with van der Waals surface area (Å²) in [5.74, 6) is -0.771. The van der Waals surface area contributed by atoms with Gasteiger partial charge in [0.05, 0.1) is 5.69 Å². The first-order chi connectivity index (χ1) is 12.6. The van der Waals surface area contributed by atoms with Crippen molar-refractivity contribution in [2.45, 2.75) is 39.0 Å². The van der Waals surface area contributed by atoms with Gasteiger partial charge in [-0.15, -0.1) is 0 Å². The topological polar surface area (TPSA) is 86.7 Å². The molecule has 2 aromatic rings. The molecule has 2 N–H and O–H groups in total. The van der Waals surface area contributed by atoms with Gasteiger partial charge >= 0.3 is 10.2 Å². The fourth-order valence-corrected chi connectivity index (χ4v) is 4.22. The summed E-state index contributed by atoms with van der Waals surface area (Å²) in [6, 6.07) is 13.4. The van der Waals surface area contributed by atoms with Crippen molar-refractivity contribution in [1.29, 1.82) is 0 Å². The number of aromatic hydroxyl groups is 1. The third kappa shape index (κ3) is 4.24. The van der Waals surface area contributed by atoms with E-state index in [0.29, 0.717) is 6.42 Å². The zero-order valence-corrected chi connectivity index (χ0v) is 16.5. The van der Waals surface area contributed by atoms with E-state index in [1.54, 1.807) is 12.1 Å². The van der Waals surface area contributed by atoms with Gasteiger partial charge in [0, 0.05) is 0 Å². The van der Waals surface area contributed by atoms with Gasteiger partial charge in [0.1, 0.15) is 12.3 Å². The van der Waals surface area contributed by atoms with Crippen LogP contribution in [0.15, 0.2) is 42.5 Å². The van der Waals surface area contributed by atoms with E-state index in [1.807, 2.05) is 4.72 Å². The Bertz CT molecular complexity index is 960. The van der Waals surface area contributed by atoms with Gasteiger partial charge in [-0.3, -0.25) is 4.79 Å². The number of phenols is 1. The number of nitrogens with zero attached hydrogens (tertiary/aromatic N) is 1. The van der Waals surface area contributed by atoms with Crippen LogP contribution >= 0.6 is 0 Å². The van der Waals surface area contributed by atoms with Crippen molar-refractivity contribution in [3.63, 3.8) is 0 Å². The largest absolute Gasteiger partial charge is 0.506 e. The standard InChI is InChI=1S/C20H24N2O4S/c1-20(2,3)16-9-6-14(7-10-16)4-5-15-8-11-17(18(23)12-15)22-13-19(24)21-27(22,25)26/h6-12,23H,4-5,13H2,1-3H3,(H,21,24). The maximum Gasteiger partial charge on any atom is 0.326 e. The molecular weight excluding hydrogens is 364 g/mol. The molecular formula is C20H24N2O4S. The molecule has 2 aromatic carbocycles. The third-order valence-electron chi connectivity index (χ3n) is 4.65. The highest BCUT2D eigenvalue weighted by Crippen LogP contribution is 2.31. The number of phenolic OH excluding ortho intramolecular Hbond substituents is 1. The van der Waals surface area contributed by atoms with Crippen molar-refractivity contribution < 1.29 is 18.3 Å². The molecule has 0 aliphatic carbocycles. The average molecular weight is 388 g/mol. The number of nitrogens with one attached hydrogen (secondary N) is 1. The Morgan fingerprint density at radius 3 is 2.15 bits per heavy atom. The Balaban J connectivity index is 1.70. The number of rotatable bonds is 4. The lowest BCUT2D eigenvalue weighted by molar-refractivity contribution is -0.117. The second kappa shape index (κ2) is 6.88. The molecule has 0 aromatic heterocycles. The molecule has 0 atom stereocenters. The van der Waals surface area contributed by atoms with E-state index in [1.165, 1.54) is 17.2 Å². The molecule has 3 rings (SSSR count). The molecule has 7 heteroatoms. The molecule has 1 fully saturated rings. The maximum atomic E-state index is 11.9. The van der Waals surface area contributed by atoms with Crippen LogP contribution in [-0.4, -0.2) is 26.0 Å². The normalized spacial score (nSPS) is 16.4. The zero-order chi connectivity index (χ0) is 19.8. The van der Waals surface area contributed by atoms with Crippen molar-refractivity contribution >= 4 is 21.8 Å². The lowest BCUT2D eigenvalue weighted by atomic mass is 9.86. The number of benzene rings is 2. The monoisotopic (exact) mass is 388 g/mol. The maximum absolute atomic E-state index is 11.9. The fraction of sp³-hybridized carbons (Fsp3) is 0.350. The van der Waals surface area contributed by atoms with Crippen molar-refractivity contribution in [1.82, 2.24) is 4.72 Å². The molecule has 27 heavy (non-hydrogen) atoms. The fourth-order valence-electron chi connectivity index (χ4n) is 3.06. The number of carbonyl (C=O) groups is 1. The highest BCUT2D eigenvalue weighted by molar-refractivity contribution is 7.92. The minimum absolute atomic E-state index is 0.103. The van der Waals surface area contributed by atoms with Crippen LogP contribution in [0.25, 0.3) is 0 Å². The first-order valence-electron chi connectivity index (χ1n) is 8.81. The predicted molar refractivity (Wildman–Crippen MR) is 105 cm³/mol. The summed E-state index contributed by atoms with van der Waals surface area (Å²) in [6.07, 6.45) is 1.53. The van der Waals surface area contributed by atoms with Crippen molar-refractivity contribution in [3.05, 3.63) is 59.2 Å². The van der Waals surface area contributed by atoms with Gasteiger partial charge in [0.25, 0.3) is 5.91 Å². The summed E-state index contributed by atoms with van der Waals surface area (Å²) < 4.78 is 26.6. The minimum atomic E-state index is -3.92. The molecule has 144 valence electrons. The van der Waals surface area contributed by atoms with Crippen LogP contribution < -0.4 is 9.03 Å². The van der Waals surface area contributed by atoms with Crippen molar-refractivity contribution in [2.75, 3.05) is 10.8 Å². The van der Waals surface area contributed by atoms with Gasteiger partial charge in [0.2, 0.25) is 0 Å². The van der Waals surface area contributed by atoms with Crippen LogP contribution in [0, 0.1) is 0 Å². The van der Waals surface area contributed by atoms with E-state index < -0.39 is 16.1 Å². The van der Waals surface area contributed by atoms with E-state index in [2.05, 4.69) is 45.0 Å². The second-order valence-electron chi connectivity index (χ2n) is 7.81. The van der Waals surface area contributed by atoms with Crippen LogP contribution in [0.3, 0.4) is 0 Å². The summed E-state index contributed by atoms with van der Waals surface area (Å²) in [5, 5.41) is 10.2. The van der Waals surface area contributed by atoms with E-state index in [-0.39, 0.29) is 23.4 Å². The quantitative estimate of drug-likeness (QED) is 0.843. The highest BCUT2D eigenvalue weighted by atomic mass is 32.2. The van der Waals surface area contributed by atoms with E-state index in [0.717, 1.165) is 16.3 Å². The first-order valence-corrected chi connectivity index (χ1v) is 10.2. The van der Waals surface area contributed by atoms with Gasteiger partial charge in [-0.2, -0.15) is 8.42 Å². The first kappa shape index (κ1) is 19.2. The van der Waals surface area contributed by atoms with Crippen molar-refractivity contribution in [3.8, 4) is 5.75 Å². The predicted octanol–water partition coefficient (Wildman–Crippen LogP) is 2.66. The number of hydrogen-bond acceptors (Lipinski definition) is 4. The molecule has 1 aliphatic heterocycles. The molecule has 1 aliphatic rings. The molecule has 6 nitrogen and oxygen atoms in total. The van der Waals surface area contributed by atoms with Gasteiger partial charge in [-0.1, -0.05) is 51.1 Å². The summed E-state index contributed by atoms with van der Waals surface area (Å²) >= 11 is 0. The number of aryl methyl sites for hydroxylation is 2. The smallest absolute Gasteiger partial charge is 0.326 e. The van der Waals surface area contributed by atoms with Crippen LogP contribution in [0.1, 0.15) is 37.5 Å². The van der Waals surface area contributed by atoms with Gasteiger partial charge in [0.15, 0.2) is 0 Å². The number of amides is 1. The van der Waals surface area contributed by atoms with Crippen LogP contribution in [0.4, 0.5) is 5.69 Å². The minimum Gasteiger partial charge on any atom is -0.506 e.